The molecule has 1 saturated heterocycles. The maximum absolute atomic E-state index is 13.3. The van der Waals surface area contributed by atoms with Crippen LogP contribution in [-0.2, 0) is 17.6 Å². The van der Waals surface area contributed by atoms with Crippen molar-refractivity contribution in [3.05, 3.63) is 65.0 Å². The van der Waals surface area contributed by atoms with Gasteiger partial charge in [-0.2, -0.15) is 0 Å². The van der Waals surface area contributed by atoms with Gasteiger partial charge in [-0.1, -0.05) is 18.2 Å². The molecular formula is C21H21FN2O3. The summed E-state index contributed by atoms with van der Waals surface area (Å²) in [5.74, 6) is 0.358. The van der Waals surface area contributed by atoms with Crippen molar-refractivity contribution < 1.29 is 18.7 Å². The largest absolute Gasteiger partial charge is 0.493 e. The molecular weight excluding hydrogens is 347 g/mol. The number of nitrogens with zero attached hydrogens (tertiary/aromatic N) is 2. The maximum Gasteiger partial charge on any atom is 0.254 e. The van der Waals surface area contributed by atoms with Crippen LogP contribution in [0.1, 0.15) is 21.5 Å². The summed E-state index contributed by atoms with van der Waals surface area (Å²) in [5.41, 5.74) is 2.49. The molecule has 6 heteroatoms. The highest BCUT2D eigenvalue weighted by molar-refractivity contribution is 5.94. The number of halogens is 1. The van der Waals surface area contributed by atoms with Crippen LogP contribution in [0.3, 0.4) is 0 Å². The van der Waals surface area contributed by atoms with Crippen LogP contribution in [0.5, 0.6) is 5.75 Å². The molecule has 2 aliphatic rings. The van der Waals surface area contributed by atoms with Crippen molar-refractivity contribution in [2.75, 3.05) is 32.8 Å². The molecule has 5 nitrogen and oxygen atoms in total. The molecule has 27 heavy (non-hydrogen) atoms. The van der Waals surface area contributed by atoms with Crippen molar-refractivity contribution in [2.24, 2.45) is 0 Å². The lowest BCUT2D eigenvalue weighted by molar-refractivity contribution is -0.131. The highest BCUT2D eigenvalue weighted by Gasteiger charge is 2.25. The number of fused-ring (bicyclic) bond motifs is 1. The summed E-state index contributed by atoms with van der Waals surface area (Å²) in [6.07, 6.45) is 1.24. The number of hydrogen-bond donors (Lipinski definition) is 0. The third-order valence-electron chi connectivity index (χ3n) is 5.10. The van der Waals surface area contributed by atoms with Crippen LogP contribution in [0.2, 0.25) is 0 Å². The van der Waals surface area contributed by atoms with Crippen LogP contribution in [0.25, 0.3) is 0 Å². The zero-order valence-corrected chi connectivity index (χ0v) is 15.0. The molecule has 0 unspecified atom stereocenters. The van der Waals surface area contributed by atoms with Crippen molar-refractivity contribution in [2.45, 2.75) is 12.8 Å². The molecule has 0 bridgehead atoms. The first-order valence-electron chi connectivity index (χ1n) is 9.17. The van der Waals surface area contributed by atoms with E-state index in [2.05, 4.69) is 0 Å². The average Bonchev–Trinajstić information content (AvgIpc) is 3.15. The van der Waals surface area contributed by atoms with E-state index in [0.717, 1.165) is 23.3 Å². The van der Waals surface area contributed by atoms with E-state index in [-0.39, 0.29) is 11.8 Å². The Bertz CT molecular complexity index is 875. The molecule has 4 rings (SSSR count). The van der Waals surface area contributed by atoms with Gasteiger partial charge in [0.15, 0.2) is 0 Å². The molecule has 2 aromatic rings. The van der Waals surface area contributed by atoms with Gasteiger partial charge in [-0.15, -0.1) is 0 Å². The van der Waals surface area contributed by atoms with Gasteiger partial charge in [0.2, 0.25) is 5.91 Å². The van der Waals surface area contributed by atoms with Gasteiger partial charge in [-0.05, 0) is 35.4 Å². The monoisotopic (exact) mass is 368 g/mol. The zero-order chi connectivity index (χ0) is 18.8. The third-order valence-corrected chi connectivity index (χ3v) is 5.10. The van der Waals surface area contributed by atoms with Crippen molar-refractivity contribution >= 4 is 11.8 Å². The fourth-order valence-corrected chi connectivity index (χ4v) is 3.60. The Labute approximate surface area is 157 Å². The van der Waals surface area contributed by atoms with Crippen molar-refractivity contribution in [1.82, 2.24) is 9.80 Å². The molecule has 140 valence electrons. The van der Waals surface area contributed by atoms with E-state index >= 15 is 0 Å². The minimum atomic E-state index is -0.422. The Hall–Kier alpha value is -2.89. The molecule has 0 aliphatic carbocycles. The van der Waals surface area contributed by atoms with Crippen LogP contribution < -0.4 is 4.74 Å². The SMILES string of the molecule is O=C(Cc1ccc2c(c1)CCO2)N1CCN(C(=O)c2cccc(F)c2)CC1. The minimum Gasteiger partial charge on any atom is -0.493 e. The summed E-state index contributed by atoms with van der Waals surface area (Å²) in [7, 11) is 0. The van der Waals surface area contributed by atoms with Crippen molar-refractivity contribution in [3.8, 4) is 5.75 Å². The lowest BCUT2D eigenvalue weighted by atomic mass is 10.1. The average molecular weight is 368 g/mol. The molecule has 0 saturated carbocycles. The number of rotatable bonds is 3. The number of hydrogen-bond acceptors (Lipinski definition) is 3. The number of benzene rings is 2. The Morgan fingerprint density at radius 2 is 1.78 bits per heavy atom. The summed E-state index contributed by atoms with van der Waals surface area (Å²) in [5, 5.41) is 0. The molecule has 0 atom stereocenters. The van der Waals surface area contributed by atoms with Gasteiger partial charge < -0.3 is 14.5 Å². The van der Waals surface area contributed by atoms with E-state index in [0.29, 0.717) is 44.8 Å². The normalized spacial score (nSPS) is 16.0. The minimum absolute atomic E-state index is 0.0618. The lowest BCUT2D eigenvalue weighted by Crippen LogP contribution is -2.51. The van der Waals surface area contributed by atoms with Gasteiger partial charge in [0.05, 0.1) is 13.0 Å². The second kappa shape index (κ2) is 7.39. The third kappa shape index (κ3) is 3.79. The predicted molar refractivity (Wildman–Crippen MR) is 98.2 cm³/mol. The topological polar surface area (TPSA) is 49.9 Å². The van der Waals surface area contributed by atoms with Gasteiger partial charge in [0, 0.05) is 38.2 Å². The van der Waals surface area contributed by atoms with Crippen LogP contribution in [-0.4, -0.2) is 54.4 Å². The molecule has 0 radical (unpaired) electrons. The smallest absolute Gasteiger partial charge is 0.254 e. The molecule has 2 aromatic carbocycles. The molecule has 1 fully saturated rings. The fourth-order valence-electron chi connectivity index (χ4n) is 3.60. The Morgan fingerprint density at radius 3 is 2.56 bits per heavy atom. The standard InChI is InChI=1S/C21H21FN2O3/c22-18-3-1-2-17(14-18)21(26)24-9-7-23(8-10-24)20(25)13-15-4-5-19-16(12-15)6-11-27-19/h1-5,12,14H,6-11,13H2. The summed E-state index contributed by atoms with van der Waals surface area (Å²) >= 11 is 0. The van der Waals surface area contributed by atoms with Crippen molar-refractivity contribution in [3.63, 3.8) is 0 Å². The first kappa shape index (κ1) is 17.5. The molecule has 2 aliphatic heterocycles. The number of carbonyl (C=O) groups is 2. The molecule has 0 aromatic heterocycles. The number of ether oxygens (including phenoxy) is 1. The Kier molecular flexibility index (Phi) is 4.79. The fraction of sp³-hybridized carbons (Fsp3) is 0.333. The second-order valence-electron chi connectivity index (χ2n) is 6.90. The van der Waals surface area contributed by atoms with Crippen LogP contribution >= 0.6 is 0 Å². The van der Waals surface area contributed by atoms with Gasteiger partial charge in [-0.3, -0.25) is 9.59 Å². The molecule has 2 heterocycles. The van der Waals surface area contributed by atoms with E-state index < -0.39 is 5.82 Å². The van der Waals surface area contributed by atoms with Crippen molar-refractivity contribution in [1.29, 1.82) is 0 Å². The maximum atomic E-state index is 13.3. The van der Waals surface area contributed by atoms with Crippen LogP contribution in [0, 0.1) is 5.82 Å². The first-order valence-corrected chi connectivity index (χ1v) is 9.17. The highest BCUT2D eigenvalue weighted by atomic mass is 19.1. The molecule has 0 N–H and O–H groups in total. The van der Waals surface area contributed by atoms with Crippen LogP contribution in [0.15, 0.2) is 42.5 Å². The Balaban J connectivity index is 1.33. The predicted octanol–water partition coefficient (Wildman–Crippen LogP) is 2.29. The second-order valence-corrected chi connectivity index (χ2v) is 6.90. The van der Waals surface area contributed by atoms with Gasteiger partial charge in [0.25, 0.3) is 5.91 Å². The lowest BCUT2D eigenvalue weighted by Gasteiger charge is -2.35. The number of amides is 2. The molecule has 0 spiro atoms. The van der Waals surface area contributed by atoms with E-state index in [1.807, 2.05) is 18.2 Å². The van der Waals surface area contributed by atoms with E-state index in [9.17, 15) is 14.0 Å². The summed E-state index contributed by atoms with van der Waals surface area (Å²) in [6, 6.07) is 11.6. The zero-order valence-electron chi connectivity index (χ0n) is 15.0. The number of carbonyl (C=O) groups excluding carboxylic acids is 2. The van der Waals surface area contributed by atoms with Gasteiger partial charge in [0.1, 0.15) is 11.6 Å². The summed E-state index contributed by atoms with van der Waals surface area (Å²) in [4.78, 5) is 28.5. The molecule has 2 amide bonds. The first-order chi connectivity index (χ1) is 13.1. The van der Waals surface area contributed by atoms with E-state index in [4.69, 9.17) is 4.74 Å². The highest BCUT2D eigenvalue weighted by Crippen LogP contribution is 2.26. The van der Waals surface area contributed by atoms with E-state index in [1.54, 1.807) is 15.9 Å². The summed E-state index contributed by atoms with van der Waals surface area (Å²) < 4.78 is 18.8. The quantitative estimate of drug-likeness (QED) is 0.835. The summed E-state index contributed by atoms with van der Waals surface area (Å²) in [6.45, 7) is 2.61. The Morgan fingerprint density at radius 1 is 1.00 bits per heavy atom. The van der Waals surface area contributed by atoms with Crippen LogP contribution in [0.4, 0.5) is 4.39 Å². The number of piperazine rings is 1. The van der Waals surface area contributed by atoms with Gasteiger partial charge >= 0.3 is 0 Å². The van der Waals surface area contributed by atoms with Gasteiger partial charge in [-0.25, -0.2) is 4.39 Å². The van der Waals surface area contributed by atoms with E-state index in [1.165, 1.54) is 18.2 Å².